The number of carbonyl (C=O) groups is 1. The van der Waals surface area contributed by atoms with Gasteiger partial charge in [-0.05, 0) is 42.5 Å². The van der Waals surface area contributed by atoms with E-state index in [4.69, 9.17) is 16.3 Å². The predicted molar refractivity (Wildman–Crippen MR) is 80.0 cm³/mol. The molecule has 2 amide bonds. The van der Waals surface area contributed by atoms with Crippen molar-refractivity contribution in [2.75, 3.05) is 19.8 Å². The summed E-state index contributed by atoms with van der Waals surface area (Å²) >= 11 is 5.79. The van der Waals surface area contributed by atoms with Crippen molar-refractivity contribution in [2.24, 2.45) is 11.8 Å². The summed E-state index contributed by atoms with van der Waals surface area (Å²) in [6, 6.07) is 7.01. The lowest BCUT2D eigenvalue weighted by Crippen LogP contribution is -2.48. The molecule has 2 unspecified atom stereocenters. The molecule has 0 spiro atoms. The molecule has 20 heavy (non-hydrogen) atoms. The van der Waals surface area contributed by atoms with Crippen molar-refractivity contribution < 1.29 is 9.53 Å². The standard InChI is InChI=1S/C15H21ClN2O2/c1-11-7-12(2)9-18(8-11)15(19)17-10-20-14-5-3-13(16)4-6-14/h3-6,11-12H,7-10H2,1-2H3,(H,17,19). The summed E-state index contributed by atoms with van der Waals surface area (Å²) < 4.78 is 5.46. The molecule has 110 valence electrons. The van der Waals surface area contributed by atoms with Gasteiger partial charge in [0, 0.05) is 18.1 Å². The molecular weight excluding hydrogens is 276 g/mol. The molecule has 0 saturated carbocycles. The van der Waals surface area contributed by atoms with Gasteiger partial charge in [0.1, 0.15) is 5.75 Å². The Morgan fingerprint density at radius 1 is 1.30 bits per heavy atom. The van der Waals surface area contributed by atoms with Crippen LogP contribution in [0.4, 0.5) is 4.79 Å². The average Bonchev–Trinajstić information content (AvgIpc) is 2.40. The van der Waals surface area contributed by atoms with Crippen LogP contribution in [-0.2, 0) is 0 Å². The molecule has 2 atom stereocenters. The number of nitrogens with one attached hydrogen (secondary N) is 1. The number of ether oxygens (including phenoxy) is 1. The SMILES string of the molecule is CC1CC(C)CN(C(=O)NCOc2ccc(Cl)cc2)C1. The predicted octanol–water partition coefficient (Wildman–Crippen LogP) is 3.36. The van der Waals surface area contributed by atoms with E-state index in [2.05, 4.69) is 19.2 Å². The highest BCUT2D eigenvalue weighted by atomic mass is 35.5. The molecule has 2 rings (SSSR count). The number of nitrogens with zero attached hydrogens (tertiary/aromatic N) is 1. The Hall–Kier alpha value is -1.42. The highest BCUT2D eigenvalue weighted by Crippen LogP contribution is 2.20. The molecule has 1 heterocycles. The van der Waals surface area contributed by atoms with Crippen LogP contribution < -0.4 is 10.1 Å². The van der Waals surface area contributed by atoms with Crippen molar-refractivity contribution in [1.82, 2.24) is 10.2 Å². The zero-order valence-corrected chi connectivity index (χ0v) is 12.7. The fraction of sp³-hybridized carbons (Fsp3) is 0.533. The average molecular weight is 297 g/mol. The first kappa shape index (κ1) is 15.0. The number of hydrogen-bond acceptors (Lipinski definition) is 2. The summed E-state index contributed by atoms with van der Waals surface area (Å²) in [5.41, 5.74) is 0. The maximum absolute atomic E-state index is 12.0. The van der Waals surface area contributed by atoms with Gasteiger partial charge in [0.05, 0.1) is 0 Å². The molecule has 0 aliphatic carbocycles. The van der Waals surface area contributed by atoms with Gasteiger partial charge in [-0.15, -0.1) is 0 Å². The molecule has 1 N–H and O–H groups in total. The lowest BCUT2D eigenvalue weighted by molar-refractivity contribution is 0.139. The van der Waals surface area contributed by atoms with Crippen molar-refractivity contribution in [1.29, 1.82) is 0 Å². The second-order valence-corrected chi connectivity index (χ2v) is 6.01. The summed E-state index contributed by atoms with van der Waals surface area (Å²) in [7, 11) is 0. The van der Waals surface area contributed by atoms with Gasteiger partial charge in [-0.3, -0.25) is 0 Å². The van der Waals surface area contributed by atoms with Gasteiger partial charge in [-0.25, -0.2) is 4.79 Å². The smallest absolute Gasteiger partial charge is 0.320 e. The van der Waals surface area contributed by atoms with Gasteiger partial charge < -0.3 is 15.0 Å². The largest absolute Gasteiger partial charge is 0.473 e. The second-order valence-electron chi connectivity index (χ2n) is 5.58. The monoisotopic (exact) mass is 296 g/mol. The van der Waals surface area contributed by atoms with E-state index < -0.39 is 0 Å². The first-order valence-corrected chi connectivity index (χ1v) is 7.33. The number of benzene rings is 1. The van der Waals surface area contributed by atoms with Crippen molar-refractivity contribution in [3.8, 4) is 5.75 Å². The van der Waals surface area contributed by atoms with Crippen molar-refractivity contribution in [3.63, 3.8) is 0 Å². The highest BCUT2D eigenvalue weighted by molar-refractivity contribution is 6.30. The van der Waals surface area contributed by atoms with Crippen molar-refractivity contribution in [3.05, 3.63) is 29.3 Å². The normalized spacial score (nSPS) is 22.4. The lowest BCUT2D eigenvalue weighted by Gasteiger charge is -2.34. The Morgan fingerprint density at radius 3 is 2.50 bits per heavy atom. The summed E-state index contributed by atoms with van der Waals surface area (Å²) in [6.07, 6.45) is 1.19. The fourth-order valence-electron chi connectivity index (χ4n) is 2.65. The van der Waals surface area contributed by atoms with Gasteiger partial charge in [-0.1, -0.05) is 25.4 Å². The molecule has 0 radical (unpaired) electrons. The van der Waals surface area contributed by atoms with Gasteiger partial charge >= 0.3 is 6.03 Å². The highest BCUT2D eigenvalue weighted by Gasteiger charge is 2.25. The zero-order valence-electron chi connectivity index (χ0n) is 11.9. The molecule has 1 saturated heterocycles. The van der Waals surface area contributed by atoms with E-state index in [0.29, 0.717) is 22.6 Å². The minimum Gasteiger partial charge on any atom is -0.473 e. The van der Waals surface area contributed by atoms with E-state index in [1.54, 1.807) is 24.3 Å². The van der Waals surface area contributed by atoms with Crippen molar-refractivity contribution in [2.45, 2.75) is 20.3 Å². The summed E-state index contributed by atoms with van der Waals surface area (Å²) in [5.74, 6) is 1.80. The summed E-state index contributed by atoms with van der Waals surface area (Å²) in [5, 5.41) is 3.45. The Bertz CT molecular complexity index is 440. The molecule has 1 aliphatic heterocycles. The molecule has 4 nitrogen and oxygen atoms in total. The van der Waals surface area contributed by atoms with E-state index in [0.717, 1.165) is 13.1 Å². The number of hydrogen-bond donors (Lipinski definition) is 1. The lowest BCUT2D eigenvalue weighted by atomic mass is 9.92. The van der Waals surface area contributed by atoms with Crippen LogP contribution in [0.15, 0.2) is 24.3 Å². The van der Waals surface area contributed by atoms with Crippen LogP contribution in [-0.4, -0.2) is 30.8 Å². The second kappa shape index (κ2) is 6.84. The van der Waals surface area contributed by atoms with Crippen molar-refractivity contribution >= 4 is 17.6 Å². The number of likely N-dealkylation sites (tertiary alicyclic amines) is 1. The minimum atomic E-state index is -0.0580. The molecule has 5 heteroatoms. The Morgan fingerprint density at radius 2 is 1.90 bits per heavy atom. The molecule has 1 fully saturated rings. The van der Waals surface area contributed by atoms with Crippen LogP contribution in [0.3, 0.4) is 0 Å². The molecule has 0 aromatic heterocycles. The third-order valence-corrected chi connectivity index (χ3v) is 3.68. The van der Waals surface area contributed by atoms with Gasteiger partial charge in [0.25, 0.3) is 0 Å². The van der Waals surface area contributed by atoms with Gasteiger partial charge in [0.15, 0.2) is 6.73 Å². The number of halogens is 1. The van der Waals surface area contributed by atoms with E-state index in [1.165, 1.54) is 6.42 Å². The number of amides is 2. The topological polar surface area (TPSA) is 41.6 Å². The maximum atomic E-state index is 12.0. The molecular formula is C15H21ClN2O2. The maximum Gasteiger partial charge on any atom is 0.320 e. The van der Waals surface area contributed by atoms with Gasteiger partial charge in [0.2, 0.25) is 0 Å². The van der Waals surface area contributed by atoms with Crippen LogP contribution in [0.25, 0.3) is 0 Å². The summed E-state index contributed by atoms with van der Waals surface area (Å²) in [4.78, 5) is 13.9. The number of urea groups is 1. The third-order valence-electron chi connectivity index (χ3n) is 3.43. The Balaban J connectivity index is 1.76. The van der Waals surface area contributed by atoms with E-state index in [9.17, 15) is 4.79 Å². The van der Waals surface area contributed by atoms with Crippen LogP contribution in [0.1, 0.15) is 20.3 Å². The van der Waals surface area contributed by atoms with Gasteiger partial charge in [-0.2, -0.15) is 0 Å². The van der Waals surface area contributed by atoms with Crippen LogP contribution in [0, 0.1) is 11.8 Å². The zero-order chi connectivity index (χ0) is 14.5. The van der Waals surface area contributed by atoms with E-state index in [-0.39, 0.29) is 12.8 Å². The van der Waals surface area contributed by atoms with E-state index in [1.807, 2.05) is 4.90 Å². The number of carbonyl (C=O) groups excluding carboxylic acids is 1. The molecule has 1 aromatic carbocycles. The quantitative estimate of drug-likeness (QED) is 0.869. The van der Waals surface area contributed by atoms with Crippen LogP contribution in [0.5, 0.6) is 5.75 Å². The first-order valence-electron chi connectivity index (χ1n) is 6.95. The third kappa shape index (κ3) is 4.30. The minimum absolute atomic E-state index is 0.0580. The van der Waals surface area contributed by atoms with Crippen LogP contribution in [0.2, 0.25) is 5.02 Å². The number of piperidine rings is 1. The molecule has 0 bridgehead atoms. The first-order chi connectivity index (χ1) is 9.54. The Kier molecular flexibility index (Phi) is 5.12. The number of rotatable bonds is 3. The molecule has 1 aromatic rings. The molecule has 1 aliphatic rings. The Labute approximate surface area is 125 Å². The fourth-order valence-corrected chi connectivity index (χ4v) is 2.78. The van der Waals surface area contributed by atoms with Crippen LogP contribution >= 0.6 is 11.6 Å². The van der Waals surface area contributed by atoms with E-state index >= 15 is 0 Å². The summed E-state index contributed by atoms with van der Waals surface area (Å²) in [6.45, 7) is 6.16.